The average Bonchev–Trinajstić information content (AvgIpc) is 3.03. The molecule has 0 saturated carbocycles. The predicted octanol–water partition coefficient (Wildman–Crippen LogP) is 4.17. The van der Waals surface area contributed by atoms with Crippen LogP contribution in [-0.4, -0.2) is 46.3 Å². The molecule has 0 aliphatic carbocycles. The lowest BCUT2D eigenvalue weighted by atomic mass is 10.0. The van der Waals surface area contributed by atoms with Crippen molar-refractivity contribution in [1.29, 1.82) is 0 Å². The van der Waals surface area contributed by atoms with Gasteiger partial charge >= 0.3 is 0 Å². The van der Waals surface area contributed by atoms with E-state index in [0.717, 1.165) is 43.0 Å². The Bertz CT molecular complexity index is 848. The van der Waals surface area contributed by atoms with E-state index in [4.69, 9.17) is 4.74 Å². The van der Waals surface area contributed by atoms with E-state index in [9.17, 15) is 4.79 Å². The van der Waals surface area contributed by atoms with Crippen LogP contribution in [0.4, 0.5) is 16.4 Å². The summed E-state index contributed by atoms with van der Waals surface area (Å²) in [7, 11) is 3.86. The number of benzene rings is 1. The Morgan fingerprint density at radius 1 is 1.14 bits per heavy atom. The zero-order valence-corrected chi connectivity index (χ0v) is 17.6. The molecule has 0 saturated heterocycles. The molecule has 0 atom stereocenters. The summed E-state index contributed by atoms with van der Waals surface area (Å²) < 4.78 is 5.27. The number of carbonyl (C=O) groups excluding carboxylic acids is 1. The molecule has 0 fully saturated rings. The maximum absolute atomic E-state index is 12.9. The fraction of sp³-hybridized carbons (Fsp3) is 0.500. The van der Waals surface area contributed by atoms with Gasteiger partial charge in [0.05, 0.1) is 16.5 Å². The van der Waals surface area contributed by atoms with Gasteiger partial charge in [0.25, 0.3) is 5.91 Å². The molecular weight excluding hydrogens is 370 g/mol. The van der Waals surface area contributed by atoms with Crippen molar-refractivity contribution in [2.24, 2.45) is 0 Å². The Hall–Kier alpha value is -2.05. The van der Waals surface area contributed by atoms with Crippen molar-refractivity contribution in [3.05, 3.63) is 40.3 Å². The summed E-state index contributed by atoms with van der Waals surface area (Å²) >= 11 is 1.61. The quantitative estimate of drug-likeness (QED) is 0.820. The smallest absolute Gasteiger partial charge is 0.265 e. The van der Waals surface area contributed by atoms with Crippen molar-refractivity contribution in [3.63, 3.8) is 0 Å². The number of nitrogens with one attached hydrogen (secondary N) is 1. The van der Waals surface area contributed by atoms with Crippen LogP contribution in [0.3, 0.4) is 0 Å². The molecule has 150 valence electrons. The summed E-state index contributed by atoms with van der Waals surface area (Å²) in [5.41, 5.74) is 4.77. The number of amides is 1. The molecule has 2 aliphatic rings. The molecule has 0 bridgehead atoms. The van der Waals surface area contributed by atoms with Gasteiger partial charge in [-0.15, -0.1) is 11.3 Å². The van der Waals surface area contributed by atoms with Crippen LogP contribution in [0.15, 0.2) is 24.3 Å². The van der Waals surface area contributed by atoms with Crippen molar-refractivity contribution >= 4 is 33.6 Å². The molecule has 0 unspecified atom stereocenters. The normalized spacial score (nSPS) is 16.4. The second kappa shape index (κ2) is 8.53. The third kappa shape index (κ3) is 4.03. The number of hydrogen-bond donors (Lipinski definition) is 1. The van der Waals surface area contributed by atoms with Crippen molar-refractivity contribution < 1.29 is 9.53 Å². The van der Waals surface area contributed by atoms with E-state index >= 15 is 0 Å². The lowest BCUT2D eigenvalue weighted by Crippen LogP contribution is -2.27. The highest BCUT2D eigenvalue weighted by Crippen LogP contribution is 2.36. The van der Waals surface area contributed by atoms with Crippen molar-refractivity contribution in [2.75, 3.05) is 55.5 Å². The molecule has 1 N–H and O–H groups in total. The summed E-state index contributed by atoms with van der Waals surface area (Å²) in [4.78, 5) is 18.4. The second-order valence-electron chi connectivity index (χ2n) is 7.70. The summed E-state index contributed by atoms with van der Waals surface area (Å²) in [5, 5.41) is 4.35. The summed E-state index contributed by atoms with van der Waals surface area (Å²) in [6.45, 7) is 3.69. The molecule has 1 aromatic heterocycles. The van der Waals surface area contributed by atoms with Gasteiger partial charge in [-0.05, 0) is 61.4 Å². The molecule has 1 aromatic carbocycles. The monoisotopic (exact) mass is 399 g/mol. The minimum atomic E-state index is -0.0109. The Labute approximate surface area is 171 Å². The van der Waals surface area contributed by atoms with Gasteiger partial charge in [-0.2, -0.15) is 0 Å². The maximum Gasteiger partial charge on any atom is 0.265 e. The first-order valence-electron chi connectivity index (χ1n) is 10.2. The fourth-order valence-corrected chi connectivity index (χ4v) is 5.30. The van der Waals surface area contributed by atoms with Crippen LogP contribution in [0.5, 0.6) is 0 Å². The molecule has 3 heterocycles. The number of aryl methyl sites for hydroxylation is 2. The molecule has 0 spiro atoms. The molecule has 6 heteroatoms. The Morgan fingerprint density at radius 3 is 2.86 bits per heavy atom. The van der Waals surface area contributed by atoms with Crippen molar-refractivity contribution in [3.8, 4) is 0 Å². The number of thiophene rings is 1. The molecule has 4 rings (SSSR count). The maximum atomic E-state index is 12.9. The van der Waals surface area contributed by atoms with Crippen LogP contribution >= 0.6 is 11.3 Å². The zero-order valence-electron chi connectivity index (χ0n) is 16.8. The number of fused-ring (bicyclic) bond motifs is 2. The number of rotatable bonds is 5. The number of carbonyl (C=O) groups is 1. The van der Waals surface area contributed by atoms with Crippen LogP contribution < -0.4 is 15.1 Å². The van der Waals surface area contributed by atoms with E-state index in [1.54, 1.807) is 18.4 Å². The Balaban J connectivity index is 1.52. The molecule has 2 aromatic rings. The van der Waals surface area contributed by atoms with Crippen LogP contribution in [-0.2, 0) is 17.6 Å². The van der Waals surface area contributed by atoms with Crippen LogP contribution in [0.1, 0.15) is 40.1 Å². The second-order valence-corrected chi connectivity index (χ2v) is 8.73. The topological polar surface area (TPSA) is 44.8 Å². The van der Waals surface area contributed by atoms with Gasteiger partial charge in [-0.1, -0.05) is 6.07 Å². The Kier molecular flexibility index (Phi) is 5.87. The molecule has 2 aliphatic heterocycles. The summed E-state index contributed by atoms with van der Waals surface area (Å²) in [6.07, 6.45) is 5.71. The third-order valence-electron chi connectivity index (χ3n) is 5.68. The molecule has 5 nitrogen and oxygen atoms in total. The van der Waals surface area contributed by atoms with Crippen LogP contribution in [0, 0.1) is 0 Å². The number of methoxy groups -OCH3 is 1. The standard InChI is InChI=1S/C22H29N3O2S/c1-24-10-5-7-16-8-9-18(15-19(16)24)23-21(26)20-14-17-6-3-4-11-25(12-13-27-2)22(17)28-20/h8-9,14-15H,3-7,10-13H2,1-2H3,(H,23,26). The summed E-state index contributed by atoms with van der Waals surface area (Å²) in [6, 6.07) is 8.37. The van der Waals surface area contributed by atoms with E-state index in [1.807, 2.05) is 6.07 Å². The fourth-order valence-electron chi connectivity index (χ4n) is 4.14. The number of hydrogen-bond acceptors (Lipinski definition) is 5. The zero-order chi connectivity index (χ0) is 19.5. The molecule has 28 heavy (non-hydrogen) atoms. The van der Waals surface area contributed by atoms with E-state index < -0.39 is 0 Å². The van der Waals surface area contributed by atoms with Crippen LogP contribution in [0.2, 0.25) is 0 Å². The number of ether oxygens (including phenoxy) is 1. The highest BCUT2D eigenvalue weighted by atomic mass is 32.1. The molecular formula is C22H29N3O2S. The van der Waals surface area contributed by atoms with Gasteiger partial charge in [-0.3, -0.25) is 4.79 Å². The first-order chi connectivity index (χ1) is 13.7. The van der Waals surface area contributed by atoms with E-state index in [0.29, 0.717) is 6.61 Å². The largest absolute Gasteiger partial charge is 0.383 e. The number of nitrogens with zero attached hydrogens (tertiary/aromatic N) is 2. The minimum Gasteiger partial charge on any atom is -0.383 e. The van der Waals surface area contributed by atoms with Gasteiger partial charge in [0.15, 0.2) is 0 Å². The average molecular weight is 400 g/mol. The predicted molar refractivity (Wildman–Crippen MR) is 117 cm³/mol. The summed E-state index contributed by atoms with van der Waals surface area (Å²) in [5.74, 6) is -0.0109. The van der Waals surface area contributed by atoms with E-state index in [1.165, 1.54) is 41.1 Å². The van der Waals surface area contributed by atoms with Crippen molar-refractivity contribution in [2.45, 2.75) is 32.1 Å². The van der Waals surface area contributed by atoms with Gasteiger partial charge in [0.2, 0.25) is 0 Å². The van der Waals surface area contributed by atoms with Gasteiger partial charge in [0, 0.05) is 45.2 Å². The number of anilines is 3. The van der Waals surface area contributed by atoms with Gasteiger partial charge in [0.1, 0.15) is 0 Å². The van der Waals surface area contributed by atoms with E-state index in [2.05, 4.69) is 40.4 Å². The third-order valence-corrected chi connectivity index (χ3v) is 6.92. The minimum absolute atomic E-state index is 0.0109. The van der Waals surface area contributed by atoms with Gasteiger partial charge in [-0.25, -0.2) is 0 Å². The first kappa shape index (κ1) is 19.3. The lowest BCUT2D eigenvalue weighted by molar-refractivity contribution is 0.103. The highest BCUT2D eigenvalue weighted by molar-refractivity contribution is 7.18. The SMILES string of the molecule is COCCN1CCCCc2cc(C(=O)Nc3ccc4c(c3)N(C)CCC4)sc21. The molecule has 0 radical (unpaired) electrons. The van der Waals surface area contributed by atoms with Crippen LogP contribution in [0.25, 0.3) is 0 Å². The van der Waals surface area contributed by atoms with Gasteiger partial charge < -0.3 is 19.9 Å². The lowest BCUT2D eigenvalue weighted by Gasteiger charge is -2.28. The Morgan fingerprint density at radius 2 is 2.00 bits per heavy atom. The molecule has 1 amide bonds. The highest BCUT2D eigenvalue weighted by Gasteiger charge is 2.22. The first-order valence-corrected chi connectivity index (χ1v) is 11.0. The van der Waals surface area contributed by atoms with Crippen molar-refractivity contribution in [1.82, 2.24) is 0 Å². The van der Waals surface area contributed by atoms with E-state index in [-0.39, 0.29) is 5.91 Å².